The Morgan fingerprint density at radius 3 is 2.48 bits per heavy atom. The summed E-state index contributed by atoms with van der Waals surface area (Å²) in [5.41, 5.74) is -0.272. The molecule has 1 aliphatic rings. The molecule has 0 aromatic heterocycles. The van der Waals surface area contributed by atoms with Crippen LogP contribution in [0.4, 0.5) is 0 Å². The van der Waals surface area contributed by atoms with E-state index in [1.807, 2.05) is 12.2 Å². The van der Waals surface area contributed by atoms with Crippen molar-refractivity contribution in [2.45, 2.75) is 38.6 Å². The van der Waals surface area contributed by atoms with Crippen LogP contribution in [0.25, 0.3) is 0 Å². The number of rotatable bonds is 8. The van der Waals surface area contributed by atoms with Gasteiger partial charge in [-0.25, -0.2) is 0 Å². The molecule has 5 nitrogen and oxygen atoms in total. The first-order valence-electron chi connectivity index (χ1n) is 7.89. The molecule has 0 aromatic rings. The summed E-state index contributed by atoms with van der Waals surface area (Å²) in [5.74, 6) is -1.50. The molecule has 126 valence electrons. The largest absolute Gasteiger partial charge is 0.507 e. The summed E-state index contributed by atoms with van der Waals surface area (Å²) in [5, 5.41) is 19.0. The van der Waals surface area contributed by atoms with Gasteiger partial charge < -0.3 is 15.1 Å². The summed E-state index contributed by atoms with van der Waals surface area (Å²) in [4.78, 5) is 25.0. The van der Waals surface area contributed by atoms with Crippen molar-refractivity contribution in [2.75, 3.05) is 13.7 Å². The lowest BCUT2D eigenvalue weighted by Crippen LogP contribution is -2.34. The number of Topliss-reactive ketones (excluding diaryl/α,β-unsaturated/α-hetero) is 1. The number of allylic oxidation sites excluding steroid dienone is 6. The first kappa shape index (κ1) is 18.9. The van der Waals surface area contributed by atoms with Gasteiger partial charge in [0.1, 0.15) is 17.4 Å². The molecule has 1 atom stereocenters. The first-order valence-corrected chi connectivity index (χ1v) is 7.89. The minimum atomic E-state index is -0.908. The molecule has 1 saturated heterocycles. The minimum Gasteiger partial charge on any atom is -0.507 e. The highest BCUT2D eigenvalue weighted by molar-refractivity contribution is 6.27. The molecule has 0 radical (unpaired) electrons. The normalized spacial score (nSPS) is 21.5. The number of likely N-dealkylation sites (N-methyl/N-ethyl adjacent to an activating group) is 1. The van der Waals surface area contributed by atoms with Crippen molar-refractivity contribution in [1.29, 1.82) is 0 Å². The van der Waals surface area contributed by atoms with E-state index in [9.17, 15) is 14.7 Å². The molecule has 23 heavy (non-hydrogen) atoms. The van der Waals surface area contributed by atoms with Gasteiger partial charge in [-0.05, 0) is 18.9 Å². The third-order valence-electron chi connectivity index (χ3n) is 3.68. The van der Waals surface area contributed by atoms with Crippen LogP contribution in [0.3, 0.4) is 0 Å². The van der Waals surface area contributed by atoms with E-state index in [2.05, 4.69) is 13.0 Å². The van der Waals surface area contributed by atoms with Crippen LogP contribution in [-0.4, -0.2) is 46.5 Å². The average molecular weight is 319 g/mol. The summed E-state index contributed by atoms with van der Waals surface area (Å²) in [6.45, 7) is 1.71. The van der Waals surface area contributed by atoms with Crippen LogP contribution in [0.1, 0.15) is 32.6 Å². The minimum absolute atomic E-state index is 0.272. The number of unbranched alkanes of at least 4 members (excludes halogenated alkanes) is 3. The van der Waals surface area contributed by atoms with Gasteiger partial charge in [0.25, 0.3) is 5.91 Å². The predicted octanol–water partition coefficient (Wildman–Crippen LogP) is 2.45. The topological polar surface area (TPSA) is 77.8 Å². The van der Waals surface area contributed by atoms with Crippen LogP contribution >= 0.6 is 0 Å². The summed E-state index contributed by atoms with van der Waals surface area (Å²) < 4.78 is 0. The van der Waals surface area contributed by atoms with Crippen molar-refractivity contribution in [2.24, 2.45) is 0 Å². The third-order valence-corrected chi connectivity index (χ3v) is 3.68. The number of carbonyl (C=O) groups excluding carboxylic acids is 2. The second-order valence-electron chi connectivity index (χ2n) is 5.41. The standard InChI is InChI=1S/C18H25NO4/c1-3-4-5-6-7-8-9-10-11-12-15(21)16-17(22)14(13-20)19(2)18(16)23/h7-12,14,20-21H,3-6,13H2,1-2H3. The molecular weight excluding hydrogens is 294 g/mol. The average Bonchev–Trinajstić information content (AvgIpc) is 2.75. The molecule has 0 aromatic carbocycles. The second-order valence-corrected chi connectivity index (χ2v) is 5.41. The quantitative estimate of drug-likeness (QED) is 0.237. The molecule has 1 unspecified atom stereocenters. The van der Waals surface area contributed by atoms with E-state index in [1.54, 1.807) is 12.2 Å². The molecular formula is C18H25NO4. The van der Waals surface area contributed by atoms with E-state index in [0.29, 0.717) is 0 Å². The van der Waals surface area contributed by atoms with E-state index in [0.717, 1.165) is 11.3 Å². The van der Waals surface area contributed by atoms with Crippen LogP contribution in [0.2, 0.25) is 0 Å². The van der Waals surface area contributed by atoms with E-state index in [1.165, 1.54) is 32.4 Å². The summed E-state index contributed by atoms with van der Waals surface area (Å²) in [6, 6.07) is -0.908. The van der Waals surface area contributed by atoms with Gasteiger partial charge in [0.2, 0.25) is 0 Å². The predicted molar refractivity (Wildman–Crippen MR) is 89.9 cm³/mol. The van der Waals surface area contributed by atoms with Crippen LogP contribution in [0.5, 0.6) is 0 Å². The number of likely N-dealkylation sites (tertiary alicyclic amines) is 1. The molecule has 0 spiro atoms. The number of nitrogens with zero attached hydrogens (tertiary/aromatic N) is 1. The molecule has 1 fully saturated rings. The fourth-order valence-corrected chi connectivity index (χ4v) is 2.25. The lowest BCUT2D eigenvalue weighted by Gasteiger charge is -2.13. The fraction of sp³-hybridized carbons (Fsp3) is 0.444. The Morgan fingerprint density at radius 1 is 1.17 bits per heavy atom. The van der Waals surface area contributed by atoms with Crippen molar-refractivity contribution in [3.63, 3.8) is 0 Å². The molecule has 1 rings (SSSR count). The maximum atomic E-state index is 12.0. The number of ketones is 1. The van der Waals surface area contributed by atoms with Gasteiger partial charge in [0, 0.05) is 7.05 Å². The Morgan fingerprint density at radius 2 is 1.87 bits per heavy atom. The Kier molecular flexibility index (Phi) is 8.05. The van der Waals surface area contributed by atoms with E-state index in [4.69, 9.17) is 5.11 Å². The Labute approximate surface area is 137 Å². The van der Waals surface area contributed by atoms with Gasteiger partial charge in [-0.2, -0.15) is 0 Å². The van der Waals surface area contributed by atoms with Gasteiger partial charge >= 0.3 is 0 Å². The summed E-state index contributed by atoms with van der Waals surface area (Å²) in [7, 11) is 1.42. The fourth-order valence-electron chi connectivity index (χ4n) is 2.25. The smallest absolute Gasteiger partial charge is 0.261 e. The number of hydrogen-bond donors (Lipinski definition) is 2. The van der Waals surface area contributed by atoms with E-state index in [-0.39, 0.29) is 11.3 Å². The van der Waals surface area contributed by atoms with Crippen molar-refractivity contribution in [3.05, 3.63) is 47.8 Å². The van der Waals surface area contributed by atoms with Crippen molar-refractivity contribution in [3.8, 4) is 0 Å². The number of aliphatic hydroxyl groups is 2. The van der Waals surface area contributed by atoms with Gasteiger partial charge in [-0.15, -0.1) is 0 Å². The maximum absolute atomic E-state index is 12.0. The first-order chi connectivity index (χ1) is 11.0. The number of carbonyl (C=O) groups is 2. The van der Waals surface area contributed by atoms with Crippen molar-refractivity contribution < 1.29 is 19.8 Å². The van der Waals surface area contributed by atoms with Crippen LogP contribution in [0, 0.1) is 0 Å². The number of aliphatic hydroxyl groups excluding tert-OH is 2. The van der Waals surface area contributed by atoms with Crippen molar-refractivity contribution in [1.82, 2.24) is 4.90 Å². The Bertz CT molecular complexity index is 543. The van der Waals surface area contributed by atoms with Crippen LogP contribution in [0.15, 0.2) is 47.8 Å². The highest BCUT2D eigenvalue weighted by Gasteiger charge is 2.42. The van der Waals surface area contributed by atoms with E-state index >= 15 is 0 Å². The molecule has 2 N–H and O–H groups in total. The Balaban J connectivity index is 2.62. The molecule has 0 saturated carbocycles. The zero-order valence-corrected chi connectivity index (χ0v) is 13.7. The molecule has 1 heterocycles. The molecule has 1 amide bonds. The molecule has 5 heteroatoms. The van der Waals surface area contributed by atoms with Gasteiger partial charge in [0.05, 0.1) is 6.61 Å². The lowest BCUT2D eigenvalue weighted by molar-refractivity contribution is -0.126. The summed E-state index contributed by atoms with van der Waals surface area (Å²) >= 11 is 0. The van der Waals surface area contributed by atoms with Crippen LogP contribution in [-0.2, 0) is 9.59 Å². The third kappa shape index (κ3) is 5.21. The lowest BCUT2D eigenvalue weighted by atomic mass is 10.1. The van der Waals surface area contributed by atoms with Crippen molar-refractivity contribution >= 4 is 11.7 Å². The van der Waals surface area contributed by atoms with Crippen LogP contribution < -0.4 is 0 Å². The van der Waals surface area contributed by atoms with E-state index < -0.39 is 24.3 Å². The molecule has 0 bridgehead atoms. The molecule has 0 aliphatic carbocycles. The monoisotopic (exact) mass is 319 g/mol. The zero-order chi connectivity index (χ0) is 17.2. The van der Waals surface area contributed by atoms with Gasteiger partial charge in [-0.1, -0.05) is 50.1 Å². The SMILES string of the molecule is CCCCCC=CC=CC=CC(O)=C1C(=O)C(CO)N(C)C1=O. The second kappa shape index (κ2) is 9.79. The van der Waals surface area contributed by atoms with Gasteiger partial charge in [0.15, 0.2) is 5.78 Å². The van der Waals surface area contributed by atoms with Gasteiger partial charge in [-0.3, -0.25) is 9.59 Å². The zero-order valence-electron chi connectivity index (χ0n) is 13.7. The number of hydrogen-bond acceptors (Lipinski definition) is 4. The Hall–Kier alpha value is -2.14. The molecule has 1 aliphatic heterocycles. The maximum Gasteiger partial charge on any atom is 0.261 e. The highest BCUT2D eigenvalue weighted by Crippen LogP contribution is 2.21. The highest BCUT2D eigenvalue weighted by atomic mass is 16.3. The summed E-state index contributed by atoms with van der Waals surface area (Å²) in [6.07, 6.45) is 15.0. The number of amides is 1.